The molecule has 2 unspecified atom stereocenters. The van der Waals surface area contributed by atoms with Crippen molar-refractivity contribution < 1.29 is 9.53 Å². The van der Waals surface area contributed by atoms with Crippen LogP contribution < -0.4 is 15.0 Å². The summed E-state index contributed by atoms with van der Waals surface area (Å²) < 4.78 is 5.32. The number of carbonyl (C=O) groups excluding carboxylic acids is 1. The van der Waals surface area contributed by atoms with Gasteiger partial charge < -0.3 is 15.0 Å². The summed E-state index contributed by atoms with van der Waals surface area (Å²) in [5.74, 6) is 0.957. The van der Waals surface area contributed by atoms with E-state index in [4.69, 9.17) is 4.74 Å². The maximum Gasteiger partial charge on any atom is 0.237 e. The molecule has 2 aromatic rings. The van der Waals surface area contributed by atoms with Crippen molar-refractivity contribution in [3.8, 4) is 5.75 Å². The fourth-order valence-electron chi connectivity index (χ4n) is 3.50. The summed E-state index contributed by atoms with van der Waals surface area (Å²) in [5.41, 5.74) is 2.30. The fraction of sp³-hybridized carbons (Fsp3) is 0.409. The molecular weight excluding hydrogens is 338 g/mol. The average Bonchev–Trinajstić information content (AvgIpc) is 2.74. The Morgan fingerprint density at radius 1 is 1.00 bits per heavy atom. The van der Waals surface area contributed by atoms with Crippen molar-refractivity contribution in [2.75, 3.05) is 38.2 Å². The van der Waals surface area contributed by atoms with Crippen LogP contribution in [0, 0.1) is 0 Å². The Morgan fingerprint density at radius 3 is 2.37 bits per heavy atom. The predicted octanol–water partition coefficient (Wildman–Crippen LogP) is 3.08. The molecule has 1 amide bonds. The molecule has 0 radical (unpaired) electrons. The SMILES string of the molecule is COc1cccc(N2CCN(C(C)C(=O)NC(C)c3ccccc3)CC2)c1. The molecule has 1 aliphatic heterocycles. The Hall–Kier alpha value is -2.53. The van der Waals surface area contributed by atoms with E-state index in [0.717, 1.165) is 37.5 Å². The van der Waals surface area contributed by atoms with E-state index in [1.165, 1.54) is 5.69 Å². The van der Waals surface area contributed by atoms with Crippen LogP contribution in [0.1, 0.15) is 25.5 Å². The van der Waals surface area contributed by atoms with E-state index in [1.807, 2.05) is 56.3 Å². The van der Waals surface area contributed by atoms with Gasteiger partial charge in [-0.3, -0.25) is 9.69 Å². The van der Waals surface area contributed by atoms with Gasteiger partial charge in [-0.05, 0) is 31.5 Å². The van der Waals surface area contributed by atoms with Crippen LogP contribution in [0.15, 0.2) is 54.6 Å². The lowest BCUT2D eigenvalue weighted by atomic mass is 10.1. The highest BCUT2D eigenvalue weighted by Crippen LogP contribution is 2.22. The number of ether oxygens (including phenoxy) is 1. The van der Waals surface area contributed by atoms with Crippen LogP contribution in [0.2, 0.25) is 0 Å². The van der Waals surface area contributed by atoms with Crippen molar-refractivity contribution in [2.45, 2.75) is 25.9 Å². The van der Waals surface area contributed by atoms with Crippen LogP contribution >= 0.6 is 0 Å². The molecule has 1 fully saturated rings. The number of nitrogens with one attached hydrogen (secondary N) is 1. The van der Waals surface area contributed by atoms with Crippen LogP contribution in [-0.4, -0.2) is 50.1 Å². The molecule has 144 valence electrons. The van der Waals surface area contributed by atoms with Gasteiger partial charge in [0.25, 0.3) is 0 Å². The first-order valence-electron chi connectivity index (χ1n) is 9.57. The smallest absolute Gasteiger partial charge is 0.237 e. The molecule has 2 aromatic carbocycles. The number of rotatable bonds is 6. The summed E-state index contributed by atoms with van der Waals surface area (Å²) in [6, 6.07) is 18.1. The quantitative estimate of drug-likeness (QED) is 0.852. The largest absolute Gasteiger partial charge is 0.497 e. The molecule has 0 aliphatic carbocycles. The van der Waals surface area contributed by atoms with E-state index in [1.54, 1.807) is 7.11 Å². The zero-order chi connectivity index (χ0) is 19.2. The van der Waals surface area contributed by atoms with E-state index in [0.29, 0.717) is 0 Å². The highest BCUT2D eigenvalue weighted by atomic mass is 16.5. The van der Waals surface area contributed by atoms with Gasteiger partial charge in [-0.25, -0.2) is 0 Å². The van der Waals surface area contributed by atoms with Crippen LogP contribution in [-0.2, 0) is 4.79 Å². The molecule has 0 aromatic heterocycles. The Balaban J connectivity index is 1.53. The monoisotopic (exact) mass is 367 g/mol. The summed E-state index contributed by atoms with van der Waals surface area (Å²) in [7, 11) is 1.69. The second-order valence-electron chi connectivity index (χ2n) is 7.04. The minimum Gasteiger partial charge on any atom is -0.497 e. The second-order valence-corrected chi connectivity index (χ2v) is 7.04. The number of carbonyl (C=O) groups is 1. The standard InChI is InChI=1S/C22H29N3O2/c1-17(19-8-5-4-6-9-19)23-22(26)18(2)24-12-14-25(15-13-24)20-10-7-11-21(16-20)27-3/h4-11,16-18H,12-15H2,1-3H3,(H,23,26). The first-order chi connectivity index (χ1) is 13.1. The highest BCUT2D eigenvalue weighted by molar-refractivity contribution is 5.81. The van der Waals surface area contributed by atoms with E-state index in [9.17, 15) is 4.79 Å². The van der Waals surface area contributed by atoms with Crippen LogP contribution in [0.4, 0.5) is 5.69 Å². The summed E-state index contributed by atoms with van der Waals surface area (Å²) in [5, 5.41) is 3.14. The minimum atomic E-state index is -0.136. The van der Waals surface area contributed by atoms with Crippen LogP contribution in [0.25, 0.3) is 0 Å². The zero-order valence-electron chi connectivity index (χ0n) is 16.4. The summed E-state index contributed by atoms with van der Waals surface area (Å²) in [6.07, 6.45) is 0. The molecule has 3 rings (SSSR count). The van der Waals surface area contributed by atoms with Crippen molar-refractivity contribution in [3.05, 3.63) is 60.2 Å². The lowest BCUT2D eigenvalue weighted by Gasteiger charge is -2.38. The molecule has 5 nitrogen and oxygen atoms in total. The Bertz CT molecular complexity index is 742. The summed E-state index contributed by atoms with van der Waals surface area (Å²) >= 11 is 0. The van der Waals surface area contributed by atoms with E-state index in [-0.39, 0.29) is 18.0 Å². The average molecular weight is 367 g/mol. The third kappa shape index (κ3) is 4.80. The molecule has 5 heteroatoms. The van der Waals surface area contributed by atoms with Gasteiger partial charge in [0, 0.05) is 37.9 Å². The highest BCUT2D eigenvalue weighted by Gasteiger charge is 2.26. The first-order valence-corrected chi connectivity index (χ1v) is 9.57. The maximum atomic E-state index is 12.7. The number of benzene rings is 2. The van der Waals surface area contributed by atoms with Crippen molar-refractivity contribution in [1.82, 2.24) is 10.2 Å². The lowest BCUT2D eigenvalue weighted by Crippen LogP contribution is -2.54. The molecule has 0 saturated carbocycles. The van der Waals surface area contributed by atoms with Gasteiger partial charge in [0.1, 0.15) is 5.75 Å². The summed E-state index contributed by atoms with van der Waals surface area (Å²) in [6.45, 7) is 7.56. The molecule has 1 N–H and O–H groups in total. The molecule has 1 heterocycles. The van der Waals surface area contributed by atoms with Gasteiger partial charge in [-0.2, -0.15) is 0 Å². The van der Waals surface area contributed by atoms with Gasteiger partial charge in [0.2, 0.25) is 5.91 Å². The second kappa shape index (κ2) is 8.91. The van der Waals surface area contributed by atoms with Gasteiger partial charge in [0.05, 0.1) is 19.2 Å². The molecule has 1 saturated heterocycles. The first kappa shape index (κ1) is 19.2. The number of nitrogens with zero attached hydrogens (tertiary/aromatic N) is 2. The third-order valence-corrected chi connectivity index (χ3v) is 5.32. The van der Waals surface area contributed by atoms with Gasteiger partial charge in [-0.1, -0.05) is 36.4 Å². The van der Waals surface area contributed by atoms with E-state index >= 15 is 0 Å². The summed E-state index contributed by atoms with van der Waals surface area (Å²) in [4.78, 5) is 17.3. The third-order valence-electron chi connectivity index (χ3n) is 5.32. The Morgan fingerprint density at radius 2 is 1.70 bits per heavy atom. The van der Waals surface area contributed by atoms with Crippen LogP contribution in [0.5, 0.6) is 5.75 Å². The number of hydrogen-bond acceptors (Lipinski definition) is 4. The van der Waals surface area contributed by atoms with Crippen molar-refractivity contribution in [1.29, 1.82) is 0 Å². The topological polar surface area (TPSA) is 44.8 Å². The van der Waals surface area contributed by atoms with Gasteiger partial charge in [-0.15, -0.1) is 0 Å². The zero-order valence-corrected chi connectivity index (χ0v) is 16.4. The maximum absolute atomic E-state index is 12.7. The number of hydrogen-bond donors (Lipinski definition) is 1. The van der Waals surface area contributed by atoms with Gasteiger partial charge in [0.15, 0.2) is 0 Å². The Labute approximate surface area is 161 Å². The van der Waals surface area contributed by atoms with E-state index < -0.39 is 0 Å². The van der Waals surface area contributed by atoms with Crippen molar-refractivity contribution >= 4 is 11.6 Å². The number of amides is 1. The fourth-order valence-corrected chi connectivity index (χ4v) is 3.50. The minimum absolute atomic E-state index is 0.0132. The number of methoxy groups -OCH3 is 1. The van der Waals surface area contributed by atoms with Crippen molar-refractivity contribution in [2.24, 2.45) is 0 Å². The van der Waals surface area contributed by atoms with Crippen LogP contribution in [0.3, 0.4) is 0 Å². The van der Waals surface area contributed by atoms with Crippen molar-refractivity contribution in [3.63, 3.8) is 0 Å². The van der Waals surface area contributed by atoms with Gasteiger partial charge >= 0.3 is 0 Å². The number of piperazine rings is 1. The lowest BCUT2D eigenvalue weighted by molar-refractivity contribution is -0.126. The number of anilines is 1. The molecule has 0 bridgehead atoms. The van der Waals surface area contributed by atoms with E-state index in [2.05, 4.69) is 27.2 Å². The normalized spacial score (nSPS) is 17.2. The predicted molar refractivity (Wildman–Crippen MR) is 109 cm³/mol. The molecule has 1 aliphatic rings. The molecule has 0 spiro atoms. The molecule has 2 atom stereocenters. The Kier molecular flexibility index (Phi) is 6.35. The molecular formula is C22H29N3O2. The molecule has 27 heavy (non-hydrogen) atoms.